The van der Waals surface area contributed by atoms with Crippen LogP contribution in [-0.2, 0) is 0 Å². The van der Waals surface area contributed by atoms with Crippen molar-refractivity contribution in [1.82, 2.24) is 15.0 Å². The van der Waals surface area contributed by atoms with E-state index in [1.165, 1.54) is 6.33 Å². The number of hydrogen-bond donors (Lipinski definition) is 1. The first kappa shape index (κ1) is 16.9. The summed E-state index contributed by atoms with van der Waals surface area (Å²) in [5.74, 6) is 0.441. The summed E-state index contributed by atoms with van der Waals surface area (Å²) in [7, 11) is 4.05. The third-order valence-corrected chi connectivity index (χ3v) is 5.87. The second-order valence-corrected chi connectivity index (χ2v) is 7.91. The van der Waals surface area contributed by atoms with Crippen LogP contribution in [0.2, 0.25) is 0 Å². The summed E-state index contributed by atoms with van der Waals surface area (Å²) in [6, 6.07) is 12.4. The Labute approximate surface area is 163 Å². The number of nitrogens with zero attached hydrogens (tertiary/aromatic N) is 4. The van der Waals surface area contributed by atoms with Gasteiger partial charge in [0.2, 0.25) is 0 Å². The van der Waals surface area contributed by atoms with Gasteiger partial charge in [0.05, 0.1) is 11.1 Å². The minimum Gasteiger partial charge on any atom is -0.383 e. The molecule has 1 aromatic carbocycles. The van der Waals surface area contributed by atoms with Gasteiger partial charge in [-0.25, -0.2) is 15.0 Å². The highest BCUT2D eigenvalue weighted by molar-refractivity contribution is 9.10. The lowest BCUT2D eigenvalue weighted by atomic mass is 10.0. The van der Waals surface area contributed by atoms with Gasteiger partial charge in [-0.3, -0.25) is 0 Å². The Hall–Kier alpha value is -2.51. The number of anilines is 2. The molecule has 130 valence electrons. The summed E-state index contributed by atoms with van der Waals surface area (Å²) < 4.78 is 1.04. The molecule has 0 saturated carbocycles. The third-order valence-electron chi connectivity index (χ3n) is 4.15. The van der Waals surface area contributed by atoms with Gasteiger partial charge >= 0.3 is 0 Å². The van der Waals surface area contributed by atoms with E-state index in [0.717, 1.165) is 37.2 Å². The second kappa shape index (κ2) is 6.66. The molecule has 26 heavy (non-hydrogen) atoms. The molecule has 3 aromatic heterocycles. The van der Waals surface area contributed by atoms with Crippen LogP contribution in [0.1, 0.15) is 0 Å². The number of hydrogen-bond acceptors (Lipinski definition) is 6. The van der Waals surface area contributed by atoms with Crippen molar-refractivity contribution < 1.29 is 0 Å². The van der Waals surface area contributed by atoms with E-state index < -0.39 is 0 Å². The lowest BCUT2D eigenvalue weighted by Crippen LogP contribution is -2.08. The van der Waals surface area contributed by atoms with Gasteiger partial charge in [0.25, 0.3) is 0 Å². The minimum absolute atomic E-state index is 0.441. The van der Waals surface area contributed by atoms with Crippen molar-refractivity contribution in [3.05, 3.63) is 52.6 Å². The van der Waals surface area contributed by atoms with E-state index in [1.807, 2.05) is 19.5 Å². The van der Waals surface area contributed by atoms with E-state index in [0.29, 0.717) is 11.5 Å². The highest BCUT2D eigenvalue weighted by atomic mass is 79.9. The van der Waals surface area contributed by atoms with Crippen molar-refractivity contribution in [1.29, 1.82) is 0 Å². The van der Waals surface area contributed by atoms with Crippen LogP contribution >= 0.6 is 27.3 Å². The molecule has 0 radical (unpaired) electrons. The number of nitrogens with two attached hydrogens (primary N) is 1. The quantitative estimate of drug-likeness (QED) is 0.508. The first-order valence-corrected chi connectivity index (χ1v) is 9.63. The van der Waals surface area contributed by atoms with Gasteiger partial charge in [-0.05, 0) is 40.2 Å². The molecule has 4 rings (SSSR count). The smallest absolute Gasteiger partial charge is 0.165 e. The Kier molecular flexibility index (Phi) is 4.34. The summed E-state index contributed by atoms with van der Waals surface area (Å²) in [5.41, 5.74) is 10.8. The van der Waals surface area contributed by atoms with Crippen molar-refractivity contribution in [3.63, 3.8) is 0 Å². The lowest BCUT2D eigenvalue weighted by Gasteiger charge is -2.13. The second-order valence-electron chi connectivity index (χ2n) is 6.08. The average molecular weight is 426 g/mol. The van der Waals surface area contributed by atoms with Crippen LogP contribution in [0, 0.1) is 0 Å². The van der Waals surface area contributed by atoms with E-state index in [-0.39, 0.29) is 0 Å². The molecule has 2 N–H and O–H groups in total. The van der Waals surface area contributed by atoms with Gasteiger partial charge in [-0.2, -0.15) is 0 Å². The van der Waals surface area contributed by atoms with Crippen LogP contribution in [0.3, 0.4) is 0 Å². The molecule has 0 saturated heterocycles. The number of pyridine rings is 1. The minimum atomic E-state index is 0.441. The van der Waals surface area contributed by atoms with Crippen molar-refractivity contribution >= 4 is 49.8 Å². The zero-order valence-electron chi connectivity index (χ0n) is 14.3. The van der Waals surface area contributed by atoms with E-state index >= 15 is 0 Å². The molecule has 0 aliphatic heterocycles. The van der Waals surface area contributed by atoms with Gasteiger partial charge in [-0.1, -0.05) is 12.1 Å². The molecule has 5 nitrogen and oxygen atoms in total. The summed E-state index contributed by atoms with van der Waals surface area (Å²) >= 11 is 5.17. The highest BCUT2D eigenvalue weighted by Crippen LogP contribution is 2.38. The van der Waals surface area contributed by atoms with Crippen LogP contribution in [-0.4, -0.2) is 29.0 Å². The van der Waals surface area contributed by atoms with Crippen LogP contribution in [0.25, 0.3) is 32.7 Å². The number of halogens is 1. The monoisotopic (exact) mass is 425 g/mol. The van der Waals surface area contributed by atoms with Gasteiger partial charge in [0, 0.05) is 45.6 Å². The number of aromatic nitrogens is 3. The third kappa shape index (κ3) is 3.04. The molecule has 0 fully saturated rings. The van der Waals surface area contributed by atoms with E-state index in [1.54, 1.807) is 11.3 Å². The zero-order valence-corrected chi connectivity index (χ0v) is 16.7. The molecule has 0 bridgehead atoms. The van der Waals surface area contributed by atoms with Gasteiger partial charge in [0.15, 0.2) is 5.65 Å². The summed E-state index contributed by atoms with van der Waals surface area (Å²) in [6.45, 7) is 0. The molecule has 0 aliphatic rings. The maximum Gasteiger partial charge on any atom is 0.165 e. The van der Waals surface area contributed by atoms with Gasteiger partial charge in [-0.15, -0.1) is 11.3 Å². The lowest BCUT2D eigenvalue weighted by molar-refractivity contribution is 1.13. The molecule has 0 amide bonds. The maximum absolute atomic E-state index is 6.14. The fraction of sp³-hybridized carbons (Fsp3) is 0.105. The average Bonchev–Trinajstić information content (AvgIpc) is 3.07. The van der Waals surface area contributed by atoms with Crippen LogP contribution in [0.15, 0.2) is 52.6 Å². The fourth-order valence-corrected chi connectivity index (χ4v) is 4.27. The zero-order chi connectivity index (χ0) is 18.3. The molecule has 0 aliphatic carbocycles. The van der Waals surface area contributed by atoms with Gasteiger partial charge < -0.3 is 10.6 Å². The maximum atomic E-state index is 6.14. The number of rotatable bonds is 3. The Balaban J connectivity index is 1.94. The van der Waals surface area contributed by atoms with Crippen molar-refractivity contribution in [3.8, 4) is 21.7 Å². The molecule has 7 heteroatoms. The largest absolute Gasteiger partial charge is 0.383 e. The number of benzene rings is 1. The molecule has 0 spiro atoms. The molecule has 3 heterocycles. The molecular weight excluding hydrogens is 410 g/mol. The Bertz CT molecular complexity index is 1090. The summed E-state index contributed by atoms with van der Waals surface area (Å²) in [6.07, 6.45) is 1.46. The van der Waals surface area contributed by atoms with Crippen molar-refractivity contribution in [2.75, 3.05) is 24.7 Å². The Morgan fingerprint density at radius 3 is 2.50 bits per heavy atom. The number of thiophene rings is 1. The molecule has 0 atom stereocenters. The van der Waals surface area contributed by atoms with E-state index in [9.17, 15) is 0 Å². The van der Waals surface area contributed by atoms with Crippen molar-refractivity contribution in [2.45, 2.75) is 0 Å². The predicted molar refractivity (Wildman–Crippen MR) is 113 cm³/mol. The number of fused-ring (bicyclic) bond motifs is 1. The molecular formula is C19H16BrN5S. The number of nitrogen functional groups attached to an aromatic ring is 1. The predicted octanol–water partition coefficient (Wildman–Crippen LogP) is 4.83. The standard InChI is InChI=1S/C19H16BrN5S/c1-25(2)13-5-3-11(4-6-13)15-8-14(16-7-12(20)9-26-16)17-18(21)22-10-23-19(17)24-15/h3-10H,1-2H3,(H2,21,22,23,24). The van der Waals surface area contributed by atoms with E-state index in [4.69, 9.17) is 10.7 Å². The topological polar surface area (TPSA) is 67.9 Å². The van der Waals surface area contributed by atoms with Gasteiger partial charge in [0.1, 0.15) is 12.1 Å². The Morgan fingerprint density at radius 1 is 1.08 bits per heavy atom. The summed E-state index contributed by atoms with van der Waals surface area (Å²) in [5, 5.41) is 2.84. The highest BCUT2D eigenvalue weighted by Gasteiger charge is 2.15. The van der Waals surface area contributed by atoms with Crippen LogP contribution in [0.4, 0.5) is 11.5 Å². The first-order chi connectivity index (χ1) is 12.5. The van der Waals surface area contributed by atoms with Crippen LogP contribution in [0.5, 0.6) is 0 Å². The fourth-order valence-electron chi connectivity index (χ4n) is 2.81. The molecule has 4 aromatic rings. The summed E-state index contributed by atoms with van der Waals surface area (Å²) in [4.78, 5) is 16.4. The first-order valence-electron chi connectivity index (χ1n) is 7.96. The molecule has 0 unspecified atom stereocenters. The van der Waals surface area contributed by atoms with E-state index in [2.05, 4.69) is 67.2 Å². The van der Waals surface area contributed by atoms with Crippen molar-refractivity contribution in [2.24, 2.45) is 0 Å². The van der Waals surface area contributed by atoms with Crippen LogP contribution < -0.4 is 10.6 Å². The Morgan fingerprint density at radius 2 is 1.85 bits per heavy atom. The normalized spacial score (nSPS) is 11.0. The SMILES string of the molecule is CN(C)c1ccc(-c2cc(-c3cc(Br)cs3)c3c(N)ncnc3n2)cc1.